The maximum absolute atomic E-state index is 6.00. The Labute approximate surface area is 172 Å². The number of hydrogen-bond acceptors (Lipinski definition) is 1. The fraction of sp³-hybridized carbons (Fsp3) is 0. The van der Waals surface area contributed by atoms with E-state index in [0.717, 1.165) is 5.69 Å². The highest BCUT2D eigenvalue weighted by Gasteiger charge is 2.47. The van der Waals surface area contributed by atoms with Crippen molar-refractivity contribution in [3.05, 3.63) is 115 Å². The molecule has 0 heterocycles. The third kappa shape index (κ3) is 3.56. The summed E-state index contributed by atoms with van der Waals surface area (Å²) in [6, 6.07) is 41.0. The highest BCUT2D eigenvalue weighted by atomic mass is 79.9. The Bertz CT molecular complexity index is 874. The first-order valence-electron chi connectivity index (χ1n) is 8.74. The molecule has 4 aromatic carbocycles. The molecule has 1 nitrogen and oxygen atoms in total. The Kier molecular flexibility index (Phi) is 6.11. The van der Waals surface area contributed by atoms with E-state index in [9.17, 15) is 0 Å². The summed E-state index contributed by atoms with van der Waals surface area (Å²) >= 11 is 0. The molecule has 4 aromatic rings. The molecular weight excluding hydrogens is 413 g/mol. The minimum atomic E-state index is -1.98. The molecule has 0 aliphatic rings. The molecular formula is C24H21BrNP. The lowest BCUT2D eigenvalue weighted by atomic mass is 10.3. The molecule has 0 unspecified atom stereocenters. The molecule has 4 rings (SSSR count). The van der Waals surface area contributed by atoms with Crippen molar-refractivity contribution in [3.8, 4) is 0 Å². The summed E-state index contributed by atoms with van der Waals surface area (Å²) in [4.78, 5) is 0. The highest BCUT2D eigenvalue weighted by Crippen LogP contribution is 2.54. The molecule has 3 heteroatoms. The van der Waals surface area contributed by atoms with Crippen LogP contribution in [0.1, 0.15) is 0 Å². The van der Waals surface area contributed by atoms with Gasteiger partial charge >= 0.3 is 0 Å². The predicted molar refractivity (Wildman–Crippen MR) is 116 cm³/mol. The minimum Gasteiger partial charge on any atom is -1.00 e. The van der Waals surface area contributed by atoms with Crippen molar-refractivity contribution >= 4 is 34.2 Å². The zero-order valence-electron chi connectivity index (χ0n) is 14.9. The van der Waals surface area contributed by atoms with E-state index in [0.29, 0.717) is 0 Å². The monoisotopic (exact) mass is 433 g/mol. The third-order valence-electron chi connectivity index (χ3n) is 4.71. The number of nitrogens with two attached hydrogens (primary N) is 1. The summed E-state index contributed by atoms with van der Waals surface area (Å²) in [6.45, 7) is 0. The van der Waals surface area contributed by atoms with Crippen LogP contribution in [0.15, 0.2) is 115 Å². The van der Waals surface area contributed by atoms with Gasteiger partial charge in [-0.2, -0.15) is 0 Å². The van der Waals surface area contributed by atoms with Gasteiger partial charge in [0.2, 0.25) is 0 Å². The minimum absolute atomic E-state index is 0. The van der Waals surface area contributed by atoms with E-state index in [4.69, 9.17) is 5.73 Å². The fourth-order valence-corrected chi connectivity index (χ4v) is 7.79. The van der Waals surface area contributed by atoms with Gasteiger partial charge in [-0.25, -0.2) is 0 Å². The van der Waals surface area contributed by atoms with Crippen molar-refractivity contribution in [3.63, 3.8) is 0 Å². The fourth-order valence-electron chi connectivity index (χ4n) is 3.55. The molecule has 0 saturated heterocycles. The van der Waals surface area contributed by atoms with Crippen LogP contribution in [0.5, 0.6) is 0 Å². The first-order chi connectivity index (χ1) is 12.8. The molecule has 0 radical (unpaired) electrons. The van der Waals surface area contributed by atoms with Gasteiger partial charge in [-0.1, -0.05) is 54.6 Å². The van der Waals surface area contributed by atoms with Crippen LogP contribution in [-0.2, 0) is 0 Å². The second-order valence-electron chi connectivity index (χ2n) is 6.27. The summed E-state index contributed by atoms with van der Waals surface area (Å²) in [5, 5.41) is 5.36. The van der Waals surface area contributed by atoms with Crippen LogP contribution in [0.3, 0.4) is 0 Å². The van der Waals surface area contributed by atoms with Crippen LogP contribution >= 0.6 is 7.26 Å². The number of halogens is 1. The smallest absolute Gasteiger partial charge is 0.144 e. The van der Waals surface area contributed by atoms with E-state index in [-0.39, 0.29) is 17.0 Å². The molecule has 0 saturated carbocycles. The normalized spacial score (nSPS) is 10.8. The van der Waals surface area contributed by atoms with Crippen molar-refractivity contribution in [1.82, 2.24) is 0 Å². The van der Waals surface area contributed by atoms with E-state index < -0.39 is 7.26 Å². The predicted octanol–water partition coefficient (Wildman–Crippen LogP) is 0.892. The first-order valence-corrected chi connectivity index (χ1v) is 10.5. The molecule has 134 valence electrons. The van der Waals surface area contributed by atoms with Gasteiger partial charge in [0.1, 0.15) is 28.5 Å². The van der Waals surface area contributed by atoms with E-state index in [1.54, 1.807) is 0 Å². The topological polar surface area (TPSA) is 26.0 Å². The maximum atomic E-state index is 6.00. The lowest BCUT2D eigenvalue weighted by molar-refractivity contribution is -0.00000498. The van der Waals surface area contributed by atoms with Crippen molar-refractivity contribution in [2.45, 2.75) is 0 Å². The molecule has 27 heavy (non-hydrogen) atoms. The zero-order chi connectivity index (χ0) is 17.8. The van der Waals surface area contributed by atoms with Gasteiger partial charge in [0.05, 0.1) is 0 Å². The van der Waals surface area contributed by atoms with Crippen LogP contribution in [0.4, 0.5) is 5.69 Å². The standard InChI is InChI=1S/C24H21NP.BrH/c25-20-16-18-24(19-17-20)26(21-10-4-1-5-11-21,22-12-6-2-7-13-22)23-14-8-3-9-15-23;/h1-19H,25H2;1H/q+1;/p-1. The Hall–Kier alpha value is -2.41. The van der Waals surface area contributed by atoms with Crippen LogP contribution in [-0.4, -0.2) is 0 Å². The number of benzene rings is 4. The second-order valence-corrected chi connectivity index (χ2v) is 9.68. The highest BCUT2D eigenvalue weighted by molar-refractivity contribution is 8.01. The van der Waals surface area contributed by atoms with Gasteiger partial charge in [-0.15, -0.1) is 0 Å². The Morgan fingerprint density at radius 3 is 1.04 bits per heavy atom. The summed E-state index contributed by atoms with van der Waals surface area (Å²) in [6.07, 6.45) is 0. The molecule has 0 amide bonds. The molecule has 0 aliphatic carbocycles. The quantitative estimate of drug-likeness (QED) is 0.375. The molecule has 0 aromatic heterocycles. The van der Waals surface area contributed by atoms with Crippen molar-refractivity contribution < 1.29 is 17.0 Å². The Morgan fingerprint density at radius 2 is 0.704 bits per heavy atom. The number of hydrogen-bond donors (Lipinski definition) is 1. The lowest BCUT2D eigenvalue weighted by Crippen LogP contribution is -3.00. The largest absolute Gasteiger partial charge is 1.00 e. The van der Waals surface area contributed by atoms with E-state index in [2.05, 4.69) is 103 Å². The number of nitrogen functional groups attached to an aromatic ring is 1. The van der Waals surface area contributed by atoms with Gasteiger partial charge < -0.3 is 22.7 Å². The van der Waals surface area contributed by atoms with E-state index >= 15 is 0 Å². The van der Waals surface area contributed by atoms with Gasteiger partial charge in [0, 0.05) is 5.69 Å². The van der Waals surface area contributed by atoms with E-state index in [1.807, 2.05) is 12.1 Å². The zero-order valence-corrected chi connectivity index (χ0v) is 17.4. The summed E-state index contributed by atoms with van der Waals surface area (Å²) in [5.74, 6) is 0. The third-order valence-corrected chi connectivity index (χ3v) is 9.00. The van der Waals surface area contributed by atoms with Crippen molar-refractivity contribution in [2.75, 3.05) is 5.73 Å². The maximum Gasteiger partial charge on any atom is 0.144 e. The molecule has 2 N–H and O–H groups in total. The van der Waals surface area contributed by atoms with Crippen LogP contribution < -0.4 is 43.9 Å². The van der Waals surface area contributed by atoms with Crippen LogP contribution in [0.25, 0.3) is 0 Å². The first kappa shape index (κ1) is 19.4. The van der Waals surface area contributed by atoms with Gasteiger partial charge in [0.25, 0.3) is 0 Å². The number of anilines is 1. The van der Waals surface area contributed by atoms with Crippen LogP contribution in [0, 0.1) is 0 Å². The molecule has 0 aliphatic heterocycles. The van der Waals surface area contributed by atoms with Gasteiger partial charge in [-0.3, -0.25) is 0 Å². The summed E-state index contributed by atoms with van der Waals surface area (Å²) in [7, 11) is -1.98. The SMILES string of the molecule is Nc1ccc([P+](c2ccccc2)(c2ccccc2)c2ccccc2)cc1.[Br-]. The summed E-state index contributed by atoms with van der Waals surface area (Å²) in [5.41, 5.74) is 6.79. The average Bonchev–Trinajstić information content (AvgIpc) is 2.72. The van der Waals surface area contributed by atoms with Crippen LogP contribution in [0.2, 0.25) is 0 Å². The van der Waals surface area contributed by atoms with Crippen molar-refractivity contribution in [1.29, 1.82) is 0 Å². The lowest BCUT2D eigenvalue weighted by Gasteiger charge is -2.27. The Morgan fingerprint density at radius 1 is 0.407 bits per heavy atom. The Balaban J connectivity index is 0.00000210. The average molecular weight is 434 g/mol. The molecule has 0 bridgehead atoms. The second kappa shape index (κ2) is 8.52. The molecule has 0 fully saturated rings. The molecule has 0 atom stereocenters. The van der Waals surface area contributed by atoms with Crippen molar-refractivity contribution in [2.24, 2.45) is 0 Å². The summed E-state index contributed by atoms with van der Waals surface area (Å²) < 4.78 is 0. The van der Waals surface area contributed by atoms with E-state index in [1.165, 1.54) is 21.2 Å². The van der Waals surface area contributed by atoms with Gasteiger partial charge in [-0.05, 0) is 60.7 Å². The molecule has 0 spiro atoms. The van der Waals surface area contributed by atoms with Gasteiger partial charge in [0.15, 0.2) is 0 Å². The number of rotatable bonds is 4.